The second-order valence-corrected chi connectivity index (χ2v) is 8.49. The Labute approximate surface area is 174 Å². The zero-order valence-electron chi connectivity index (χ0n) is 18.2. The highest BCUT2D eigenvalue weighted by Crippen LogP contribution is 2.25. The first-order valence-electron chi connectivity index (χ1n) is 10.1. The molecule has 164 valence electrons. The lowest BCUT2D eigenvalue weighted by atomic mass is 10.1. The molecule has 0 aromatic carbocycles. The van der Waals surface area contributed by atoms with Crippen LogP contribution in [0.15, 0.2) is 21.7 Å². The van der Waals surface area contributed by atoms with Gasteiger partial charge in [-0.1, -0.05) is 12.2 Å². The van der Waals surface area contributed by atoms with Crippen molar-refractivity contribution < 1.29 is 9.63 Å². The Kier molecular flexibility index (Phi) is 6.16. The average Bonchev–Trinajstić information content (AvgIpc) is 3.08. The summed E-state index contributed by atoms with van der Waals surface area (Å²) in [5.74, 6) is 0.598. The third kappa shape index (κ3) is 4.33. The van der Waals surface area contributed by atoms with Crippen LogP contribution in [0.1, 0.15) is 40.5 Å². The minimum absolute atomic E-state index is 0.146. The first-order valence-corrected chi connectivity index (χ1v) is 10.1. The van der Waals surface area contributed by atoms with Gasteiger partial charge in [0.25, 0.3) is 5.56 Å². The van der Waals surface area contributed by atoms with Crippen molar-refractivity contribution in [3.8, 4) is 0 Å². The zero-order chi connectivity index (χ0) is 22.1. The van der Waals surface area contributed by atoms with Gasteiger partial charge >= 0.3 is 5.69 Å². The largest absolute Gasteiger partial charge is 0.340 e. The zero-order valence-corrected chi connectivity index (χ0v) is 18.2. The minimum Gasteiger partial charge on any atom is -0.340 e. The van der Waals surface area contributed by atoms with Crippen molar-refractivity contribution in [2.24, 2.45) is 7.05 Å². The van der Waals surface area contributed by atoms with Crippen LogP contribution in [0.4, 0.5) is 5.95 Å². The van der Waals surface area contributed by atoms with Gasteiger partial charge in [-0.15, -0.1) is 0 Å². The summed E-state index contributed by atoms with van der Waals surface area (Å²) in [4.78, 5) is 51.1. The van der Waals surface area contributed by atoms with Crippen LogP contribution in [-0.2, 0) is 23.2 Å². The maximum absolute atomic E-state index is 12.6. The van der Waals surface area contributed by atoms with Crippen LogP contribution < -0.4 is 16.1 Å². The van der Waals surface area contributed by atoms with E-state index in [1.807, 2.05) is 49.3 Å². The molecule has 0 unspecified atom stereocenters. The second-order valence-electron chi connectivity index (χ2n) is 8.49. The standard InChI is InChI=1S/C20H30N6O4/c1-6-7-11-25-15-16(23(5)19(29)22-17(15)28)21-18(25)24-10-8-9-14(12-24)26(13-27)30-20(2,3)4/h6-7,13-14H,8-12H2,1-5H3,(H,22,28,29)/b7-6+/t14-/m0/s1. The Bertz CT molecular complexity index is 1060. The Balaban J connectivity index is 2.03. The number of aromatic amines is 1. The van der Waals surface area contributed by atoms with E-state index < -0.39 is 16.9 Å². The highest BCUT2D eigenvalue weighted by atomic mass is 16.7. The number of aromatic nitrogens is 4. The van der Waals surface area contributed by atoms with E-state index in [4.69, 9.17) is 4.84 Å². The van der Waals surface area contributed by atoms with Crippen LogP contribution in [-0.4, -0.2) is 55.3 Å². The lowest BCUT2D eigenvalue weighted by molar-refractivity contribution is -0.232. The predicted octanol–water partition coefficient (Wildman–Crippen LogP) is 1.16. The summed E-state index contributed by atoms with van der Waals surface area (Å²) in [6, 6.07) is -0.146. The molecule has 1 N–H and O–H groups in total. The number of hydrogen-bond donors (Lipinski definition) is 1. The fourth-order valence-electron chi connectivity index (χ4n) is 3.69. The van der Waals surface area contributed by atoms with Gasteiger partial charge in [0.05, 0.1) is 11.6 Å². The topological polar surface area (TPSA) is 105 Å². The molecule has 0 saturated carbocycles. The molecule has 0 bridgehead atoms. The Morgan fingerprint density at radius 3 is 2.70 bits per heavy atom. The maximum Gasteiger partial charge on any atom is 0.329 e. The quantitative estimate of drug-likeness (QED) is 0.429. The molecule has 1 saturated heterocycles. The molecule has 30 heavy (non-hydrogen) atoms. The number of H-pyrrole nitrogens is 1. The van der Waals surface area contributed by atoms with Crippen molar-refractivity contribution in [3.05, 3.63) is 33.0 Å². The predicted molar refractivity (Wildman–Crippen MR) is 114 cm³/mol. The van der Waals surface area contributed by atoms with Gasteiger partial charge < -0.3 is 9.47 Å². The maximum atomic E-state index is 12.6. The summed E-state index contributed by atoms with van der Waals surface area (Å²) in [5, 5.41) is 1.38. The summed E-state index contributed by atoms with van der Waals surface area (Å²) >= 11 is 0. The number of nitrogens with one attached hydrogen (secondary N) is 1. The van der Waals surface area contributed by atoms with E-state index in [0.717, 1.165) is 25.8 Å². The van der Waals surface area contributed by atoms with Gasteiger partial charge in [-0.25, -0.2) is 9.86 Å². The number of carbonyl (C=O) groups is 1. The number of fused-ring (bicyclic) bond motifs is 1. The summed E-state index contributed by atoms with van der Waals surface area (Å²) in [7, 11) is 1.59. The molecule has 10 heteroatoms. The fourth-order valence-corrected chi connectivity index (χ4v) is 3.69. The number of imidazole rings is 1. The van der Waals surface area contributed by atoms with E-state index in [1.54, 1.807) is 7.05 Å². The van der Waals surface area contributed by atoms with Crippen molar-refractivity contribution in [2.45, 2.75) is 58.7 Å². The first-order chi connectivity index (χ1) is 14.2. The normalized spacial score (nSPS) is 17.8. The van der Waals surface area contributed by atoms with Gasteiger partial charge in [0.15, 0.2) is 11.2 Å². The smallest absolute Gasteiger partial charge is 0.329 e. The monoisotopic (exact) mass is 418 g/mol. The van der Waals surface area contributed by atoms with Crippen LogP contribution in [0.3, 0.4) is 0 Å². The lowest BCUT2D eigenvalue weighted by Crippen LogP contribution is -2.50. The molecule has 1 atom stereocenters. The van der Waals surface area contributed by atoms with Crippen molar-refractivity contribution in [3.63, 3.8) is 0 Å². The Hall–Kier alpha value is -2.88. The van der Waals surface area contributed by atoms with E-state index >= 15 is 0 Å². The summed E-state index contributed by atoms with van der Waals surface area (Å²) in [6.07, 6.45) is 6.19. The number of rotatable bonds is 6. The minimum atomic E-state index is -0.503. The summed E-state index contributed by atoms with van der Waals surface area (Å²) in [6.45, 7) is 9.28. The van der Waals surface area contributed by atoms with E-state index in [1.165, 1.54) is 9.63 Å². The lowest BCUT2D eigenvalue weighted by Gasteiger charge is -2.39. The van der Waals surface area contributed by atoms with E-state index in [0.29, 0.717) is 30.2 Å². The number of anilines is 1. The van der Waals surface area contributed by atoms with Gasteiger partial charge in [0, 0.05) is 26.7 Å². The number of amides is 1. The van der Waals surface area contributed by atoms with Gasteiger partial charge in [0.2, 0.25) is 12.4 Å². The molecule has 1 amide bonds. The number of carbonyl (C=O) groups excluding carboxylic acids is 1. The number of nitrogens with zero attached hydrogens (tertiary/aromatic N) is 5. The van der Waals surface area contributed by atoms with Crippen LogP contribution in [0.25, 0.3) is 11.2 Å². The Morgan fingerprint density at radius 1 is 1.33 bits per heavy atom. The summed E-state index contributed by atoms with van der Waals surface area (Å²) < 4.78 is 3.15. The number of allylic oxidation sites excluding steroid dienone is 2. The van der Waals surface area contributed by atoms with Crippen LogP contribution in [0.2, 0.25) is 0 Å². The molecule has 3 heterocycles. The Morgan fingerprint density at radius 2 is 2.07 bits per heavy atom. The van der Waals surface area contributed by atoms with Crippen molar-refractivity contribution in [1.29, 1.82) is 0 Å². The average molecular weight is 418 g/mol. The molecule has 1 fully saturated rings. The highest BCUT2D eigenvalue weighted by Gasteiger charge is 2.31. The third-order valence-electron chi connectivity index (χ3n) is 5.03. The molecule has 1 aliphatic heterocycles. The van der Waals surface area contributed by atoms with Crippen molar-refractivity contribution in [2.75, 3.05) is 18.0 Å². The molecule has 0 radical (unpaired) electrons. The molecule has 10 nitrogen and oxygen atoms in total. The third-order valence-corrected chi connectivity index (χ3v) is 5.03. The number of piperidine rings is 1. The summed E-state index contributed by atoms with van der Waals surface area (Å²) in [5.41, 5.74) is -0.769. The molecular formula is C20H30N6O4. The van der Waals surface area contributed by atoms with Gasteiger partial charge in [-0.2, -0.15) is 4.98 Å². The molecule has 0 spiro atoms. The molecule has 1 aliphatic rings. The van der Waals surface area contributed by atoms with E-state index in [2.05, 4.69) is 9.97 Å². The molecule has 0 aliphatic carbocycles. The van der Waals surface area contributed by atoms with Gasteiger partial charge in [-0.05, 0) is 40.5 Å². The van der Waals surface area contributed by atoms with Crippen molar-refractivity contribution >= 4 is 23.5 Å². The molecule has 2 aromatic rings. The SMILES string of the molecule is C/C=C/Cn1c(N2CCC[C@H](N(C=O)OC(C)(C)C)C2)nc2c1c(=O)[nH]c(=O)n2C. The molecular weight excluding hydrogens is 388 g/mol. The first kappa shape index (κ1) is 21.8. The van der Waals surface area contributed by atoms with Crippen LogP contribution in [0, 0.1) is 0 Å². The van der Waals surface area contributed by atoms with E-state index in [9.17, 15) is 14.4 Å². The number of aryl methyl sites for hydroxylation is 1. The number of hydroxylamine groups is 2. The van der Waals surface area contributed by atoms with Gasteiger partial charge in [-0.3, -0.25) is 24.0 Å². The molecule has 3 rings (SSSR count). The number of hydrogen-bond acceptors (Lipinski definition) is 6. The van der Waals surface area contributed by atoms with Crippen LogP contribution in [0.5, 0.6) is 0 Å². The van der Waals surface area contributed by atoms with Crippen LogP contribution >= 0.6 is 0 Å². The van der Waals surface area contributed by atoms with Gasteiger partial charge in [0.1, 0.15) is 0 Å². The second kappa shape index (κ2) is 8.47. The van der Waals surface area contributed by atoms with Crippen molar-refractivity contribution in [1.82, 2.24) is 24.2 Å². The van der Waals surface area contributed by atoms with E-state index in [-0.39, 0.29) is 6.04 Å². The fraction of sp³-hybridized carbons (Fsp3) is 0.600. The highest BCUT2D eigenvalue weighted by molar-refractivity contribution is 5.74. The molecule has 2 aromatic heterocycles.